The highest BCUT2D eigenvalue weighted by atomic mass is 16.3. The first-order valence-corrected chi connectivity index (χ1v) is 12.1. The third-order valence-electron chi connectivity index (χ3n) is 7.23. The zero-order valence-electron chi connectivity index (χ0n) is 19.6. The van der Waals surface area contributed by atoms with Crippen molar-refractivity contribution in [3.63, 3.8) is 0 Å². The van der Waals surface area contributed by atoms with Gasteiger partial charge in [0.1, 0.15) is 17.5 Å². The summed E-state index contributed by atoms with van der Waals surface area (Å²) >= 11 is 0. The van der Waals surface area contributed by atoms with E-state index in [1.807, 2.05) is 60.9 Å². The van der Waals surface area contributed by atoms with Gasteiger partial charge in [-0.2, -0.15) is 5.26 Å². The van der Waals surface area contributed by atoms with Crippen molar-refractivity contribution in [3.8, 4) is 17.4 Å². The molecule has 0 amide bonds. The lowest BCUT2D eigenvalue weighted by molar-refractivity contribution is 0.669. The predicted octanol–water partition coefficient (Wildman–Crippen LogP) is 7.89. The highest BCUT2D eigenvalue weighted by Crippen LogP contribution is 2.36. The summed E-state index contributed by atoms with van der Waals surface area (Å²) in [5, 5.41) is 13.8. The van der Waals surface area contributed by atoms with Crippen LogP contribution in [0.25, 0.3) is 66.2 Å². The van der Waals surface area contributed by atoms with Gasteiger partial charge in [0.15, 0.2) is 0 Å². The average Bonchev–Trinajstić information content (AvgIpc) is 3.63. The number of nitriles is 1. The quantitative estimate of drug-likeness (QED) is 0.256. The molecule has 0 radical (unpaired) electrons. The lowest BCUT2D eigenvalue weighted by atomic mass is 10.1. The molecule has 8 aromatic rings. The van der Waals surface area contributed by atoms with Gasteiger partial charge in [-0.15, -0.1) is 0 Å². The summed E-state index contributed by atoms with van der Waals surface area (Å²) in [6.45, 7) is 0. The van der Waals surface area contributed by atoms with Crippen molar-refractivity contribution in [3.05, 3.63) is 115 Å². The Labute approximate surface area is 211 Å². The molecular weight excluding hydrogens is 456 g/mol. The van der Waals surface area contributed by atoms with Gasteiger partial charge in [-0.3, -0.25) is 4.57 Å². The molecule has 0 unspecified atom stereocenters. The lowest BCUT2D eigenvalue weighted by Crippen LogP contribution is -1.93. The van der Waals surface area contributed by atoms with E-state index < -0.39 is 0 Å². The smallest absolute Gasteiger partial charge is 0.135 e. The maximum Gasteiger partial charge on any atom is 0.135 e. The number of imidazole rings is 1. The zero-order chi connectivity index (χ0) is 24.5. The fourth-order valence-electron chi connectivity index (χ4n) is 5.53. The average molecular weight is 475 g/mol. The standard InChI is InChI=1S/C32H18N4O/c33-18-20-9-12-29-24(15-20)23-5-1-3-7-28(23)36(29)22-11-14-32-26(17-22)25-16-21(10-13-31(25)37-32)35-19-34-27-6-2-4-8-30(27)35/h1-17,19H. The molecule has 0 spiro atoms. The van der Waals surface area contributed by atoms with E-state index in [4.69, 9.17) is 4.42 Å². The van der Waals surface area contributed by atoms with Crippen LogP contribution in [0.3, 0.4) is 0 Å². The molecule has 0 atom stereocenters. The van der Waals surface area contributed by atoms with Crippen molar-refractivity contribution < 1.29 is 4.42 Å². The molecule has 0 aliphatic rings. The fraction of sp³-hybridized carbons (Fsp3) is 0. The van der Waals surface area contributed by atoms with Crippen LogP contribution in [0.2, 0.25) is 0 Å². The Morgan fingerprint density at radius 1 is 0.622 bits per heavy atom. The third-order valence-corrected chi connectivity index (χ3v) is 7.23. The van der Waals surface area contributed by atoms with Gasteiger partial charge in [-0.1, -0.05) is 30.3 Å². The molecule has 5 aromatic carbocycles. The van der Waals surface area contributed by atoms with Gasteiger partial charge in [0.25, 0.3) is 0 Å². The number of aromatic nitrogens is 3. The van der Waals surface area contributed by atoms with E-state index in [1.165, 1.54) is 0 Å². The van der Waals surface area contributed by atoms with Gasteiger partial charge in [0.05, 0.1) is 33.7 Å². The van der Waals surface area contributed by atoms with Gasteiger partial charge in [0.2, 0.25) is 0 Å². The second-order valence-corrected chi connectivity index (χ2v) is 9.26. The summed E-state index contributed by atoms with van der Waals surface area (Å²) in [5.74, 6) is 0. The maximum absolute atomic E-state index is 9.46. The molecule has 5 nitrogen and oxygen atoms in total. The van der Waals surface area contributed by atoms with Gasteiger partial charge in [-0.25, -0.2) is 4.98 Å². The van der Waals surface area contributed by atoms with Crippen LogP contribution >= 0.6 is 0 Å². The molecule has 37 heavy (non-hydrogen) atoms. The Balaban J connectivity index is 1.38. The Bertz CT molecular complexity index is 2220. The summed E-state index contributed by atoms with van der Waals surface area (Å²) in [4.78, 5) is 4.56. The normalized spacial score (nSPS) is 11.8. The second-order valence-electron chi connectivity index (χ2n) is 9.26. The summed E-state index contributed by atoms with van der Waals surface area (Å²) in [7, 11) is 0. The summed E-state index contributed by atoms with van der Waals surface area (Å²) in [6, 6.07) is 37.2. The summed E-state index contributed by atoms with van der Waals surface area (Å²) in [5.41, 5.74) is 8.64. The molecule has 8 rings (SSSR count). The summed E-state index contributed by atoms with van der Waals surface area (Å²) < 4.78 is 10.6. The Hall–Kier alpha value is -5.34. The molecule has 0 N–H and O–H groups in total. The van der Waals surface area contributed by atoms with Crippen LogP contribution in [0.4, 0.5) is 0 Å². The van der Waals surface area contributed by atoms with Gasteiger partial charge in [-0.05, 0) is 72.8 Å². The van der Waals surface area contributed by atoms with E-state index in [9.17, 15) is 5.26 Å². The van der Waals surface area contributed by atoms with E-state index in [-0.39, 0.29) is 0 Å². The Kier molecular flexibility index (Phi) is 3.94. The second kappa shape index (κ2) is 7.33. The van der Waals surface area contributed by atoms with E-state index >= 15 is 0 Å². The summed E-state index contributed by atoms with van der Waals surface area (Å²) in [6.07, 6.45) is 1.87. The first kappa shape index (κ1) is 19.9. The molecule has 3 aromatic heterocycles. The van der Waals surface area contributed by atoms with Crippen molar-refractivity contribution in [2.24, 2.45) is 0 Å². The van der Waals surface area contributed by atoms with Crippen molar-refractivity contribution in [1.29, 1.82) is 5.26 Å². The zero-order valence-corrected chi connectivity index (χ0v) is 19.6. The van der Waals surface area contributed by atoms with E-state index in [0.29, 0.717) is 5.56 Å². The monoisotopic (exact) mass is 474 g/mol. The van der Waals surface area contributed by atoms with E-state index in [0.717, 1.165) is 66.2 Å². The molecule has 172 valence electrons. The minimum absolute atomic E-state index is 0.659. The number of hydrogen-bond acceptors (Lipinski definition) is 3. The van der Waals surface area contributed by atoms with Crippen LogP contribution in [0.1, 0.15) is 5.56 Å². The van der Waals surface area contributed by atoms with Crippen LogP contribution in [0.5, 0.6) is 0 Å². The Morgan fingerprint density at radius 2 is 1.32 bits per heavy atom. The fourth-order valence-corrected chi connectivity index (χ4v) is 5.53. The first-order chi connectivity index (χ1) is 18.3. The predicted molar refractivity (Wildman–Crippen MR) is 147 cm³/mol. The topological polar surface area (TPSA) is 59.7 Å². The number of rotatable bonds is 2. The number of furan rings is 1. The van der Waals surface area contributed by atoms with Crippen molar-refractivity contribution in [2.45, 2.75) is 0 Å². The molecule has 5 heteroatoms. The number of hydrogen-bond donors (Lipinski definition) is 0. The number of para-hydroxylation sites is 3. The van der Waals surface area contributed by atoms with Crippen LogP contribution < -0.4 is 0 Å². The van der Waals surface area contributed by atoms with E-state index in [1.54, 1.807) is 0 Å². The maximum atomic E-state index is 9.46. The van der Waals surface area contributed by atoms with Crippen LogP contribution in [0, 0.1) is 11.3 Å². The molecule has 0 bridgehead atoms. The molecule has 0 aliphatic carbocycles. The number of benzene rings is 5. The number of nitrogens with zero attached hydrogens (tertiary/aromatic N) is 4. The van der Waals surface area contributed by atoms with Crippen molar-refractivity contribution >= 4 is 54.8 Å². The highest BCUT2D eigenvalue weighted by Gasteiger charge is 2.15. The lowest BCUT2D eigenvalue weighted by Gasteiger charge is -2.08. The molecule has 3 heterocycles. The Morgan fingerprint density at radius 3 is 2.16 bits per heavy atom. The van der Waals surface area contributed by atoms with Gasteiger partial charge >= 0.3 is 0 Å². The van der Waals surface area contributed by atoms with Crippen LogP contribution in [-0.2, 0) is 0 Å². The first-order valence-electron chi connectivity index (χ1n) is 12.1. The minimum atomic E-state index is 0.659. The SMILES string of the molecule is N#Cc1ccc2c(c1)c1ccccc1n2-c1ccc2oc3ccc(-n4cnc5ccccc54)cc3c2c1. The van der Waals surface area contributed by atoms with Crippen LogP contribution in [-0.4, -0.2) is 14.1 Å². The van der Waals surface area contributed by atoms with Gasteiger partial charge in [0, 0.05) is 32.9 Å². The largest absolute Gasteiger partial charge is 0.456 e. The van der Waals surface area contributed by atoms with Crippen LogP contribution in [0.15, 0.2) is 114 Å². The highest BCUT2D eigenvalue weighted by molar-refractivity contribution is 6.11. The third kappa shape index (κ3) is 2.81. The van der Waals surface area contributed by atoms with Gasteiger partial charge < -0.3 is 8.98 Å². The van der Waals surface area contributed by atoms with E-state index in [2.05, 4.69) is 68.7 Å². The van der Waals surface area contributed by atoms with Crippen molar-refractivity contribution in [2.75, 3.05) is 0 Å². The van der Waals surface area contributed by atoms with Crippen molar-refractivity contribution in [1.82, 2.24) is 14.1 Å². The molecular formula is C32H18N4O. The minimum Gasteiger partial charge on any atom is -0.456 e. The molecule has 0 saturated carbocycles. The molecule has 0 aliphatic heterocycles. The molecule has 0 saturated heterocycles. The number of fused-ring (bicyclic) bond motifs is 7. The molecule has 0 fully saturated rings.